The molecule has 2 heterocycles. The number of ether oxygens (including phenoxy) is 1. The fourth-order valence-corrected chi connectivity index (χ4v) is 2.40. The van der Waals surface area contributed by atoms with Gasteiger partial charge in [0, 0.05) is 45.7 Å². The van der Waals surface area contributed by atoms with Gasteiger partial charge >= 0.3 is 6.03 Å². The lowest BCUT2D eigenvalue weighted by Gasteiger charge is -2.27. The number of nitrogens with one attached hydrogen (secondary N) is 1. The zero-order valence-electron chi connectivity index (χ0n) is 12.3. The van der Waals surface area contributed by atoms with Crippen LogP contribution >= 0.6 is 0 Å². The van der Waals surface area contributed by atoms with Crippen LogP contribution in [0.25, 0.3) is 0 Å². The minimum absolute atomic E-state index is 0.0445. The summed E-state index contributed by atoms with van der Waals surface area (Å²) in [5.74, 6) is 0.961. The van der Waals surface area contributed by atoms with Gasteiger partial charge in [0.1, 0.15) is 5.82 Å². The Hall–Kier alpha value is -1.56. The Balaban J connectivity index is 1.67. The van der Waals surface area contributed by atoms with Crippen molar-refractivity contribution in [2.75, 3.05) is 26.7 Å². The number of imidazole rings is 1. The summed E-state index contributed by atoms with van der Waals surface area (Å²) in [6.07, 6.45) is 7.25. The monoisotopic (exact) mass is 280 g/mol. The first-order valence-electron chi connectivity index (χ1n) is 7.25. The third kappa shape index (κ3) is 4.23. The number of carbonyl (C=O) groups excluding carboxylic acids is 1. The van der Waals surface area contributed by atoms with E-state index in [2.05, 4.69) is 10.3 Å². The summed E-state index contributed by atoms with van der Waals surface area (Å²) in [5.41, 5.74) is 0. The molecule has 0 unspecified atom stereocenters. The number of likely N-dealkylation sites (N-methyl/N-ethyl adjacent to an activating group) is 1. The van der Waals surface area contributed by atoms with E-state index in [1.54, 1.807) is 11.1 Å². The van der Waals surface area contributed by atoms with E-state index in [0.717, 1.165) is 31.8 Å². The van der Waals surface area contributed by atoms with Crippen LogP contribution in [0.15, 0.2) is 12.4 Å². The molecule has 0 radical (unpaired) electrons. The maximum Gasteiger partial charge on any atom is 0.317 e. The molecule has 0 saturated carbocycles. The van der Waals surface area contributed by atoms with Crippen LogP contribution in [0.1, 0.15) is 25.1 Å². The van der Waals surface area contributed by atoms with E-state index < -0.39 is 0 Å². The largest absolute Gasteiger partial charge is 0.376 e. The third-order valence-electron chi connectivity index (χ3n) is 3.65. The van der Waals surface area contributed by atoms with Gasteiger partial charge in [0.05, 0.1) is 6.10 Å². The van der Waals surface area contributed by atoms with E-state index in [-0.39, 0.29) is 12.1 Å². The smallest absolute Gasteiger partial charge is 0.317 e. The van der Waals surface area contributed by atoms with Crippen LogP contribution in [-0.2, 0) is 11.3 Å². The van der Waals surface area contributed by atoms with Gasteiger partial charge in [-0.25, -0.2) is 9.78 Å². The van der Waals surface area contributed by atoms with Crippen molar-refractivity contribution in [3.8, 4) is 0 Å². The molecule has 6 nitrogen and oxygen atoms in total. The fraction of sp³-hybridized carbons (Fsp3) is 0.714. The number of hydrogen-bond donors (Lipinski definition) is 1. The first-order valence-corrected chi connectivity index (χ1v) is 7.25. The predicted octanol–water partition coefficient (Wildman–Crippen LogP) is 1.40. The summed E-state index contributed by atoms with van der Waals surface area (Å²) in [7, 11) is 1.82. The number of nitrogens with zero attached hydrogens (tertiary/aromatic N) is 3. The average molecular weight is 280 g/mol. The van der Waals surface area contributed by atoms with Gasteiger partial charge in [-0.1, -0.05) is 0 Å². The molecule has 2 amide bonds. The highest BCUT2D eigenvalue weighted by atomic mass is 16.5. The second-order valence-corrected chi connectivity index (χ2v) is 5.27. The maximum absolute atomic E-state index is 12.0. The van der Waals surface area contributed by atoms with Crippen LogP contribution < -0.4 is 5.32 Å². The number of aryl methyl sites for hydroxylation is 1. The van der Waals surface area contributed by atoms with Gasteiger partial charge in [0.2, 0.25) is 0 Å². The Morgan fingerprint density at radius 2 is 2.45 bits per heavy atom. The zero-order chi connectivity index (χ0) is 14.4. The first kappa shape index (κ1) is 14.8. The van der Waals surface area contributed by atoms with Gasteiger partial charge in [0.25, 0.3) is 0 Å². The second kappa shape index (κ2) is 7.28. The van der Waals surface area contributed by atoms with Crippen LogP contribution in [0, 0.1) is 6.92 Å². The van der Waals surface area contributed by atoms with Crippen molar-refractivity contribution in [1.29, 1.82) is 0 Å². The number of rotatable bonds is 5. The molecule has 0 aromatic carbocycles. The lowest BCUT2D eigenvalue weighted by atomic mass is 10.1. The number of carbonyl (C=O) groups is 1. The van der Waals surface area contributed by atoms with Crippen LogP contribution in [0.3, 0.4) is 0 Å². The lowest BCUT2D eigenvalue weighted by molar-refractivity contribution is 0.00387. The summed E-state index contributed by atoms with van der Waals surface area (Å²) >= 11 is 0. The number of hydrogen-bond acceptors (Lipinski definition) is 3. The van der Waals surface area contributed by atoms with Crippen LogP contribution in [0.2, 0.25) is 0 Å². The van der Waals surface area contributed by atoms with E-state index >= 15 is 0 Å². The van der Waals surface area contributed by atoms with Gasteiger partial charge in [-0.3, -0.25) is 0 Å². The van der Waals surface area contributed by atoms with Gasteiger partial charge in [-0.2, -0.15) is 0 Å². The van der Waals surface area contributed by atoms with E-state index in [0.29, 0.717) is 13.1 Å². The summed E-state index contributed by atoms with van der Waals surface area (Å²) in [5, 5.41) is 2.92. The van der Waals surface area contributed by atoms with E-state index in [9.17, 15) is 4.79 Å². The minimum Gasteiger partial charge on any atom is -0.376 e. The summed E-state index contributed by atoms with van der Waals surface area (Å²) in [6, 6.07) is -0.0445. The highest BCUT2D eigenvalue weighted by Gasteiger charge is 2.18. The lowest BCUT2D eigenvalue weighted by Crippen LogP contribution is -2.43. The Kier molecular flexibility index (Phi) is 5.40. The van der Waals surface area contributed by atoms with Crippen molar-refractivity contribution in [3.63, 3.8) is 0 Å². The quantitative estimate of drug-likeness (QED) is 0.887. The molecule has 2 rings (SSSR count). The van der Waals surface area contributed by atoms with Crippen molar-refractivity contribution in [2.24, 2.45) is 0 Å². The van der Waals surface area contributed by atoms with E-state index in [4.69, 9.17) is 4.74 Å². The molecule has 1 atom stereocenters. The van der Waals surface area contributed by atoms with Crippen LogP contribution in [0.5, 0.6) is 0 Å². The van der Waals surface area contributed by atoms with E-state index in [1.807, 2.05) is 24.7 Å². The minimum atomic E-state index is -0.0445. The van der Waals surface area contributed by atoms with Gasteiger partial charge in [-0.15, -0.1) is 0 Å². The molecule has 1 N–H and O–H groups in total. The zero-order valence-corrected chi connectivity index (χ0v) is 12.3. The standard InChI is InChI=1S/C14H24N4O2/c1-12-15-6-8-18(12)9-7-16-14(19)17(2)11-13-5-3-4-10-20-13/h6,8,13H,3-5,7,9-11H2,1-2H3,(H,16,19)/t13-/m0/s1. The van der Waals surface area contributed by atoms with Crippen LogP contribution in [-0.4, -0.2) is 53.3 Å². The molecule has 0 spiro atoms. The van der Waals surface area contributed by atoms with Crippen molar-refractivity contribution in [1.82, 2.24) is 19.8 Å². The molecular formula is C14H24N4O2. The van der Waals surface area contributed by atoms with Crippen molar-refractivity contribution in [2.45, 2.75) is 38.8 Å². The highest BCUT2D eigenvalue weighted by molar-refractivity contribution is 5.73. The molecule has 20 heavy (non-hydrogen) atoms. The highest BCUT2D eigenvalue weighted by Crippen LogP contribution is 2.13. The number of amides is 2. The van der Waals surface area contributed by atoms with Crippen molar-refractivity contribution in [3.05, 3.63) is 18.2 Å². The molecule has 1 fully saturated rings. The molecule has 0 bridgehead atoms. The molecular weight excluding hydrogens is 256 g/mol. The van der Waals surface area contributed by atoms with Gasteiger partial charge in [0.15, 0.2) is 0 Å². The topological polar surface area (TPSA) is 59.4 Å². The Labute approximate surface area is 120 Å². The SMILES string of the molecule is Cc1nccn1CCNC(=O)N(C)C[C@@H]1CCCCO1. The summed E-state index contributed by atoms with van der Waals surface area (Å²) < 4.78 is 7.66. The molecule has 1 aromatic rings. The maximum atomic E-state index is 12.0. The molecule has 1 aromatic heterocycles. The Morgan fingerprint density at radius 1 is 1.60 bits per heavy atom. The number of aromatic nitrogens is 2. The summed E-state index contributed by atoms with van der Waals surface area (Å²) in [4.78, 5) is 17.8. The van der Waals surface area contributed by atoms with E-state index in [1.165, 1.54) is 6.42 Å². The molecule has 1 saturated heterocycles. The number of urea groups is 1. The average Bonchev–Trinajstić information content (AvgIpc) is 2.85. The predicted molar refractivity (Wildman–Crippen MR) is 76.6 cm³/mol. The van der Waals surface area contributed by atoms with Crippen LogP contribution in [0.4, 0.5) is 4.79 Å². The summed E-state index contributed by atoms with van der Waals surface area (Å²) in [6.45, 7) is 4.78. The van der Waals surface area contributed by atoms with Crippen molar-refractivity contribution < 1.29 is 9.53 Å². The molecule has 1 aliphatic heterocycles. The fourth-order valence-electron chi connectivity index (χ4n) is 2.40. The van der Waals surface area contributed by atoms with Gasteiger partial charge in [-0.05, 0) is 26.2 Å². The van der Waals surface area contributed by atoms with Crippen molar-refractivity contribution >= 4 is 6.03 Å². The Bertz CT molecular complexity index is 427. The van der Waals surface area contributed by atoms with Gasteiger partial charge < -0.3 is 19.5 Å². The third-order valence-corrected chi connectivity index (χ3v) is 3.65. The normalized spacial score (nSPS) is 18.8. The second-order valence-electron chi connectivity index (χ2n) is 5.27. The molecule has 1 aliphatic rings. The Morgan fingerprint density at radius 3 is 3.10 bits per heavy atom. The molecule has 6 heteroatoms. The first-order chi connectivity index (χ1) is 9.66. The molecule has 112 valence electrons. The molecule has 0 aliphatic carbocycles.